The number of aromatic amines is 1. The number of amides is 1. The quantitative estimate of drug-likeness (QED) is 0.561. The summed E-state index contributed by atoms with van der Waals surface area (Å²) in [7, 11) is 1.29. The summed E-state index contributed by atoms with van der Waals surface area (Å²) in [5.41, 5.74) is -2.62. The topological polar surface area (TPSA) is 104 Å². The van der Waals surface area contributed by atoms with Crippen molar-refractivity contribution in [2.24, 2.45) is 0 Å². The monoisotopic (exact) mass is 427 g/mol. The molecule has 0 fully saturated rings. The molecule has 3 N–H and O–H groups in total. The van der Waals surface area contributed by atoms with Crippen LogP contribution in [0.2, 0.25) is 0 Å². The molecular weight excluding hydrogens is 411 g/mol. The predicted octanol–water partition coefficient (Wildman–Crippen LogP) is 2.86. The number of carbonyl (C=O) groups excluding carboxylic acids is 1. The molecule has 0 aliphatic carbocycles. The third-order valence-corrected chi connectivity index (χ3v) is 4.84. The van der Waals surface area contributed by atoms with Gasteiger partial charge in [0.1, 0.15) is 6.10 Å². The van der Waals surface area contributed by atoms with Gasteiger partial charge in [-0.3, -0.25) is 9.59 Å². The number of fused-ring (bicyclic) bond motifs is 1. The number of ether oxygens (including phenoxy) is 1. The lowest BCUT2D eigenvalue weighted by Gasteiger charge is -2.18. The zero-order chi connectivity index (χ0) is 21.2. The van der Waals surface area contributed by atoms with E-state index >= 15 is 0 Å². The summed E-state index contributed by atoms with van der Waals surface area (Å²) in [5, 5.41) is 14.6. The van der Waals surface area contributed by atoms with Crippen LogP contribution in [0.3, 0.4) is 0 Å². The Morgan fingerprint density at radius 3 is 2.79 bits per heavy atom. The Bertz CT molecular complexity index is 1080. The normalized spacial score (nSPS) is 12.9. The lowest BCUT2D eigenvalue weighted by Crippen LogP contribution is -2.25. The Morgan fingerprint density at radius 1 is 1.41 bits per heavy atom. The maximum Gasteiger partial charge on any atom is 0.418 e. The van der Waals surface area contributed by atoms with Crippen LogP contribution in [0.25, 0.3) is 10.9 Å². The molecule has 29 heavy (non-hydrogen) atoms. The third-order valence-electron chi connectivity index (χ3n) is 4.15. The summed E-state index contributed by atoms with van der Waals surface area (Å²) in [4.78, 5) is 31.7. The fourth-order valence-electron chi connectivity index (χ4n) is 2.92. The number of pyridine rings is 1. The molecule has 1 amide bonds. The summed E-state index contributed by atoms with van der Waals surface area (Å²) in [5.74, 6) is -0.595. The summed E-state index contributed by atoms with van der Waals surface area (Å²) in [6.07, 6.45) is -5.12. The number of anilines is 1. The second-order valence-electron chi connectivity index (χ2n) is 6.11. The molecule has 3 aromatic rings. The molecule has 1 unspecified atom stereocenters. The van der Waals surface area contributed by atoms with Crippen LogP contribution in [-0.4, -0.2) is 34.7 Å². The minimum Gasteiger partial charge on any atom is -0.384 e. The van der Waals surface area contributed by atoms with Crippen molar-refractivity contribution in [2.75, 3.05) is 19.0 Å². The first-order valence-corrected chi connectivity index (χ1v) is 9.21. The van der Waals surface area contributed by atoms with Crippen molar-refractivity contribution in [1.82, 2.24) is 9.97 Å². The Balaban J connectivity index is 2.14. The van der Waals surface area contributed by atoms with Crippen molar-refractivity contribution >= 4 is 33.3 Å². The van der Waals surface area contributed by atoms with Crippen molar-refractivity contribution in [3.63, 3.8) is 0 Å². The highest BCUT2D eigenvalue weighted by atomic mass is 32.1. The second kappa shape index (κ2) is 8.31. The molecule has 0 spiro atoms. The average molecular weight is 427 g/mol. The fourth-order valence-corrected chi connectivity index (χ4v) is 3.46. The largest absolute Gasteiger partial charge is 0.418 e. The number of benzene rings is 1. The molecule has 2 aromatic heterocycles. The number of aromatic nitrogens is 2. The van der Waals surface area contributed by atoms with E-state index in [0.717, 1.165) is 12.1 Å². The molecule has 7 nitrogen and oxygen atoms in total. The number of thiazole rings is 1. The molecule has 1 atom stereocenters. The Kier molecular flexibility index (Phi) is 6.01. The van der Waals surface area contributed by atoms with Crippen molar-refractivity contribution < 1.29 is 27.8 Å². The summed E-state index contributed by atoms with van der Waals surface area (Å²) < 4.78 is 45.0. The van der Waals surface area contributed by atoms with E-state index in [1.807, 2.05) is 0 Å². The van der Waals surface area contributed by atoms with Crippen molar-refractivity contribution in [2.45, 2.75) is 18.7 Å². The molecule has 11 heteroatoms. The number of aliphatic hydroxyl groups is 1. The number of H-pyrrole nitrogens is 1. The van der Waals surface area contributed by atoms with E-state index in [9.17, 15) is 27.9 Å². The van der Waals surface area contributed by atoms with Crippen LogP contribution >= 0.6 is 11.3 Å². The number of methoxy groups -OCH3 is 1. The number of aliphatic hydroxyl groups excluding tert-OH is 1. The number of halogens is 3. The highest BCUT2D eigenvalue weighted by Crippen LogP contribution is 2.34. The molecular formula is C18H16F3N3O4S. The Morgan fingerprint density at radius 2 is 2.17 bits per heavy atom. The maximum absolute atomic E-state index is 13.4. The van der Waals surface area contributed by atoms with Gasteiger partial charge in [-0.05, 0) is 12.1 Å². The molecule has 154 valence electrons. The van der Waals surface area contributed by atoms with Crippen LogP contribution in [0.15, 0.2) is 34.6 Å². The Labute approximate surface area is 166 Å². The number of nitrogens with one attached hydrogen (secondary N) is 2. The van der Waals surface area contributed by atoms with Gasteiger partial charge in [-0.25, -0.2) is 4.98 Å². The van der Waals surface area contributed by atoms with Gasteiger partial charge in [0.25, 0.3) is 0 Å². The lowest BCUT2D eigenvalue weighted by atomic mass is 10.00. The number of hydrogen-bond acceptors (Lipinski definition) is 6. The van der Waals surface area contributed by atoms with Gasteiger partial charge in [-0.1, -0.05) is 6.07 Å². The second-order valence-corrected chi connectivity index (χ2v) is 7.00. The van der Waals surface area contributed by atoms with Gasteiger partial charge in [-0.15, -0.1) is 11.3 Å². The van der Waals surface area contributed by atoms with Gasteiger partial charge in [0.15, 0.2) is 10.6 Å². The van der Waals surface area contributed by atoms with Crippen molar-refractivity contribution in [3.05, 3.63) is 56.8 Å². The summed E-state index contributed by atoms with van der Waals surface area (Å²) in [6, 6.07) is 3.18. The van der Waals surface area contributed by atoms with Gasteiger partial charge in [0.2, 0.25) is 5.91 Å². The number of carbonyl (C=O) groups is 1. The highest BCUT2D eigenvalue weighted by molar-refractivity contribution is 7.13. The zero-order valence-corrected chi connectivity index (χ0v) is 15.9. The number of nitrogens with zero attached hydrogens (tertiary/aromatic N) is 1. The summed E-state index contributed by atoms with van der Waals surface area (Å²) >= 11 is 1.17. The van der Waals surface area contributed by atoms with Gasteiger partial charge >= 0.3 is 6.18 Å². The van der Waals surface area contributed by atoms with Gasteiger partial charge < -0.3 is 20.1 Å². The number of rotatable bonds is 6. The zero-order valence-electron chi connectivity index (χ0n) is 15.0. The third kappa shape index (κ3) is 4.47. The highest BCUT2D eigenvalue weighted by Gasteiger charge is 2.34. The van der Waals surface area contributed by atoms with E-state index in [-0.39, 0.29) is 23.3 Å². The average Bonchev–Trinajstić information content (AvgIpc) is 3.15. The first kappa shape index (κ1) is 21.0. The van der Waals surface area contributed by atoms with Crippen molar-refractivity contribution in [1.29, 1.82) is 0 Å². The molecule has 1 aromatic carbocycles. The number of alkyl halides is 3. The molecule has 0 aliphatic rings. The SMILES string of the molecule is COCC(O)c1[nH]c2c(C(F)(F)F)cccc2c(=O)c1CC(=O)Nc1nccs1. The van der Waals surface area contributed by atoms with Gasteiger partial charge in [0, 0.05) is 29.6 Å². The van der Waals surface area contributed by atoms with Crippen LogP contribution in [0.5, 0.6) is 0 Å². The minimum absolute atomic E-state index is 0.143. The fraction of sp³-hybridized carbons (Fsp3) is 0.278. The molecule has 0 aliphatic heterocycles. The number of hydrogen-bond donors (Lipinski definition) is 3. The van der Waals surface area contributed by atoms with Crippen LogP contribution in [-0.2, 0) is 22.1 Å². The summed E-state index contributed by atoms with van der Waals surface area (Å²) in [6.45, 7) is -0.281. The van der Waals surface area contributed by atoms with Crippen LogP contribution < -0.4 is 10.7 Å². The van der Waals surface area contributed by atoms with E-state index in [0.29, 0.717) is 5.13 Å². The van der Waals surface area contributed by atoms with E-state index in [1.54, 1.807) is 5.38 Å². The molecule has 0 bridgehead atoms. The van der Waals surface area contributed by atoms with Gasteiger partial charge in [-0.2, -0.15) is 13.2 Å². The molecule has 0 saturated heterocycles. The lowest BCUT2D eigenvalue weighted by molar-refractivity contribution is -0.136. The van der Waals surface area contributed by atoms with E-state index in [4.69, 9.17) is 4.74 Å². The van der Waals surface area contributed by atoms with E-state index in [2.05, 4.69) is 15.3 Å². The van der Waals surface area contributed by atoms with Crippen LogP contribution in [0, 0.1) is 0 Å². The van der Waals surface area contributed by atoms with Crippen molar-refractivity contribution in [3.8, 4) is 0 Å². The molecule has 0 saturated carbocycles. The maximum atomic E-state index is 13.4. The Hall–Kier alpha value is -2.76. The standard InChI is InChI=1S/C18H16F3N3O4S/c1-28-8-12(25)15-10(7-13(26)23-17-22-5-6-29-17)16(27)9-3-2-4-11(14(9)24-15)18(19,20)21/h2-6,12,25H,7-8H2,1H3,(H,24,27)(H,22,23,26). The number of para-hydroxylation sites is 1. The minimum atomic E-state index is -4.71. The first-order chi connectivity index (χ1) is 13.7. The van der Waals surface area contributed by atoms with Crippen LogP contribution in [0.4, 0.5) is 18.3 Å². The molecule has 2 heterocycles. The molecule has 0 radical (unpaired) electrons. The predicted molar refractivity (Wildman–Crippen MR) is 101 cm³/mol. The van der Waals surface area contributed by atoms with E-state index in [1.165, 1.54) is 30.7 Å². The first-order valence-electron chi connectivity index (χ1n) is 8.33. The van der Waals surface area contributed by atoms with Crippen LogP contribution in [0.1, 0.15) is 22.9 Å². The smallest absolute Gasteiger partial charge is 0.384 e. The molecule has 3 rings (SSSR count). The van der Waals surface area contributed by atoms with Gasteiger partial charge in [0.05, 0.1) is 29.8 Å². The van der Waals surface area contributed by atoms with E-state index < -0.39 is 41.1 Å².